The van der Waals surface area contributed by atoms with E-state index in [0.717, 1.165) is 0 Å². The zero-order valence-electron chi connectivity index (χ0n) is 17.6. The monoisotopic (exact) mass is 535 g/mol. The first-order valence-electron chi connectivity index (χ1n) is 9.76. The second-order valence-corrected chi connectivity index (χ2v) is 8.08. The number of carbonyl (C=O) groups is 1. The SMILES string of the molecule is CCn1c(Cn2nc(C(F)F)cc2C(F)F)nnc1SCC(=O)N1N=C(C(F)F)C[C@]1(O)C(F)F. The molecule has 2 aromatic heterocycles. The van der Waals surface area contributed by atoms with Gasteiger partial charge >= 0.3 is 0 Å². The zero-order chi connectivity index (χ0) is 26.1. The molecule has 9 nitrogen and oxygen atoms in total. The molecule has 0 radical (unpaired) electrons. The Morgan fingerprint density at radius 1 is 1.11 bits per heavy atom. The largest absolute Gasteiger partial charge is 0.364 e. The molecule has 0 aromatic carbocycles. The molecule has 1 amide bonds. The van der Waals surface area contributed by atoms with Gasteiger partial charge < -0.3 is 9.67 Å². The standard InChI is InChI=1S/C17H17F8N7O2S/c1-2-30-10(5-31-9(14(22)23)3-7(28-31)12(18)19)26-27-16(30)35-6-11(33)32-17(34,15(24)25)4-8(29-32)13(20)21/h3,12-15,34H,2,4-6H2,1H3/t17-/m0/s1. The minimum atomic E-state index is -3.58. The highest BCUT2D eigenvalue weighted by Gasteiger charge is 2.53. The molecule has 3 heterocycles. The Morgan fingerprint density at radius 3 is 2.34 bits per heavy atom. The van der Waals surface area contributed by atoms with Gasteiger partial charge in [-0.3, -0.25) is 9.48 Å². The van der Waals surface area contributed by atoms with E-state index < -0.39 is 73.2 Å². The van der Waals surface area contributed by atoms with Crippen LogP contribution >= 0.6 is 11.8 Å². The number of alkyl halides is 8. The number of hydrogen-bond donors (Lipinski definition) is 1. The van der Waals surface area contributed by atoms with E-state index in [0.29, 0.717) is 22.5 Å². The van der Waals surface area contributed by atoms with E-state index in [1.54, 1.807) is 6.92 Å². The van der Waals surface area contributed by atoms with Crippen LogP contribution in [0.4, 0.5) is 35.1 Å². The highest BCUT2D eigenvalue weighted by molar-refractivity contribution is 7.99. The lowest BCUT2D eigenvalue weighted by Crippen LogP contribution is -2.52. The van der Waals surface area contributed by atoms with Gasteiger partial charge in [-0.05, 0) is 13.0 Å². The number of carbonyl (C=O) groups excluding carboxylic acids is 1. The molecule has 1 atom stereocenters. The van der Waals surface area contributed by atoms with Gasteiger partial charge in [0.15, 0.2) is 11.0 Å². The highest BCUT2D eigenvalue weighted by Crippen LogP contribution is 2.34. The van der Waals surface area contributed by atoms with Crippen molar-refractivity contribution in [1.82, 2.24) is 29.6 Å². The van der Waals surface area contributed by atoms with Crippen LogP contribution in [-0.2, 0) is 17.9 Å². The first kappa shape index (κ1) is 26.8. The third-order valence-corrected chi connectivity index (χ3v) is 5.83. The van der Waals surface area contributed by atoms with Gasteiger partial charge in [-0.15, -0.1) is 10.2 Å². The predicted molar refractivity (Wildman–Crippen MR) is 104 cm³/mol. The summed E-state index contributed by atoms with van der Waals surface area (Å²) in [6.07, 6.45) is -14.3. The summed E-state index contributed by atoms with van der Waals surface area (Å²) in [5.74, 6) is -1.89. The second-order valence-electron chi connectivity index (χ2n) is 7.14. The fraction of sp³-hybridized carbons (Fsp3) is 0.588. The maximum absolute atomic E-state index is 13.3. The van der Waals surface area contributed by atoms with Crippen LogP contribution in [0.25, 0.3) is 0 Å². The molecule has 194 valence electrons. The lowest BCUT2D eigenvalue weighted by Gasteiger charge is -2.29. The molecule has 18 heteroatoms. The van der Waals surface area contributed by atoms with E-state index in [4.69, 9.17) is 0 Å². The van der Waals surface area contributed by atoms with Gasteiger partial charge in [0, 0.05) is 13.0 Å². The van der Waals surface area contributed by atoms with Crippen molar-refractivity contribution in [2.75, 3.05) is 5.75 Å². The van der Waals surface area contributed by atoms with Crippen LogP contribution in [-0.4, -0.2) is 70.6 Å². The van der Waals surface area contributed by atoms with Crippen molar-refractivity contribution in [2.45, 2.75) is 63.0 Å². The molecule has 1 aliphatic rings. The van der Waals surface area contributed by atoms with Crippen LogP contribution in [0, 0.1) is 0 Å². The maximum atomic E-state index is 13.3. The molecule has 0 fully saturated rings. The number of halogens is 8. The Morgan fingerprint density at radius 2 is 1.80 bits per heavy atom. The van der Waals surface area contributed by atoms with E-state index in [1.165, 1.54) is 4.57 Å². The van der Waals surface area contributed by atoms with E-state index in [9.17, 15) is 45.0 Å². The number of amides is 1. The quantitative estimate of drug-likeness (QED) is 0.370. The van der Waals surface area contributed by atoms with Crippen molar-refractivity contribution in [3.8, 4) is 0 Å². The number of nitrogens with zero attached hydrogens (tertiary/aromatic N) is 7. The highest BCUT2D eigenvalue weighted by atomic mass is 32.2. The Balaban J connectivity index is 1.78. The number of aliphatic hydroxyl groups is 1. The fourth-order valence-electron chi connectivity index (χ4n) is 3.20. The summed E-state index contributed by atoms with van der Waals surface area (Å²) in [5, 5.41) is 24.1. The molecule has 1 N–H and O–H groups in total. The molecular weight excluding hydrogens is 518 g/mol. The van der Waals surface area contributed by atoms with Gasteiger partial charge in [0.25, 0.3) is 31.6 Å². The summed E-state index contributed by atoms with van der Waals surface area (Å²) in [5.41, 5.74) is -5.95. The van der Waals surface area contributed by atoms with E-state index in [1.807, 2.05) is 0 Å². The van der Waals surface area contributed by atoms with Crippen molar-refractivity contribution in [2.24, 2.45) is 5.10 Å². The Labute approximate surface area is 195 Å². The molecule has 0 spiro atoms. The van der Waals surface area contributed by atoms with Gasteiger partial charge in [-0.2, -0.15) is 15.2 Å². The Hall–Kier alpha value is -2.76. The van der Waals surface area contributed by atoms with Gasteiger partial charge in [0.05, 0.1) is 5.75 Å². The van der Waals surface area contributed by atoms with E-state index in [-0.39, 0.29) is 22.5 Å². The van der Waals surface area contributed by atoms with Crippen molar-refractivity contribution < 1.29 is 45.0 Å². The van der Waals surface area contributed by atoms with Crippen LogP contribution in [0.5, 0.6) is 0 Å². The molecule has 3 rings (SSSR count). The number of hydrogen-bond acceptors (Lipinski definition) is 7. The normalized spacial score (nSPS) is 18.6. The molecule has 2 aromatic rings. The van der Waals surface area contributed by atoms with Crippen molar-refractivity contribution >= 4 is 23.4 Å². The number of thioether (sulfide) groups is 1. The average Bonchev–Trinajstić information content (AvgIpc) is 3.48. The van der Waals surface area contributed by atoms with Crippen LogP contribution in [0.2, 0.25) is 0 Å². The van der Waals surface area contributed by atoms with Crippen molar-refractivity contribution in [3.63, 3.8) is 0 Å². The molecule has 0 aliphatic carbocycles. The molecule has 35 heavy (non-hydrogen) atoms. The van der Waals surface area contributed by atoms with Crippen LogP contribution in [0.1, 0.15) is 43.4 Å². The van der Waals surface area contributed by atoms with Crippen LogP contribution < -0.4 is 0 Å². The first-order valence-corrected chi connectivity index (χ1v) is 10.8. The third kappa shape index (κ3) is 5.41. The third-order valence-electron chi connectivity index (χ3n) is 4.88. The van der Waals surface area contributed by atoms with E-state index >= 15 is 0 Å². The van der Waals surface area contributed by atoms with Crippen LogP contribution in [0.3, 0.4) is 0 Å². The summed E-state index contributed by atoms with van der Waals surface area (Å²) < 4.78 is 107. The van der Waals surface area contributed by atoms with Crippen molar-refractivity contribution in [3.05, 3.63) is 23.3 Å². The molecular formula is C17H17F8N7O2S. The average molecular weight is 535 g/mol. The molecule has 0 saturated heterocycles. The molecule has 1 aliphatic heterocycles. The fourth-order valence-corrected chi connectivity index (χ4v) is 4.06. The Bertz CT molecular complexity index is 1090. The zero-order valence-corrected chi connectivity index (χ0v) is 18.4. The molecule has 0 unspecified atom stereocenters. The summed E-state index contributed by atoms with van der Waals surface area (Å²) >= 11 is 0.628. The van der Waals surface area contributed by atoms with Gasteiger partial charge in [0.1, 0.15) is 23.6 Å². The minimum Gasteiger partial charge on any atom is -0.364 e. The molecule has 0 saturated carbocycles. The molecule has 0 bridgehead atoms. The lowest BCUT2D eigenvalue weighted by molar-refractivity contribution is -0.190. The summed E-state index contributed by atoms with van der Waals surface area (Å²) in [6, 6.07) is 0.560. The summed E-state index contributed by atoms with van der Waals surface area (Å²) in [7, 11) is 0. The smallest absolute Gasteiger partial charge is 0.287 e. The second kappa shape index (κ2) is 10.5. The first-order chi connectivity index (χ1) is 16.4. The predicted octanol–water partition coefficient (Wildman–Crippen LogP) is 3.32. The summed E-state index contributed by atoms with van der Waals surface area (Å²) in [6.45, 7) is 1.25. The number of hydrazone groups is 1. The van der Waals surface area contributed by atoms with Crippen molar-refractivity contribution in [1.29, 1.82) is 0 Å². The minimum absolute atomic E-state index is 0.00790. The Kier molecular flexibility index (Phi) is 8.03. The summed E-state index contributed by atoms with van der Waals surface area (Å²) in [4.78, 5) is 12.4. The lowest BCUT2D eigenvalue weighted by atomic mass is 10.1. The van der Waals surface area contributed by atoms with Crippen LogP contribution in [0.15, 0.2) is 16.3 Å². The van der Waals surface area contributed by atoms with E-state index in [2.05, 4.69) is 20.4 Å². The number of rotatable bonds is 10. The van der Waals surface area contributed by atoms with Gasteiger partial charge in [0.2, 0.25) is 5.72 Å². The topological polar surface area (TPSA) is 101 Å². The van der Waals surface area contributed by atoms with Gasteiger partial charge in [-0.25, -0.2) is 35.1 Å². The maximum Gasteiger partial charge on any atom is 0.287 e. The number of aromatic nitrogens is 5. The van der Waals surface area contributed by atoms with Gasteiger partial charge in [-0.1, -0.05) is 11.8 Å².